The van der Waals surface area contributed by atoms with Crippen molar-refractivity contribution >= 4 is 12.6 Å². The van der Waals surface area contributed by atoms with E-state index in [4.69, 9.17) is 9.84 Å². The van der Waals surface area contributed by atoms with E-state index in [-0.39, 0.29) is 22.8 Å². The minimum Gasteiger partial charge on any atom is -0.504 e. The third-order valence-corrected chi connectivity index (χ3v) is 5.10. The molecule has 2 aliphatic rings. The first kappa shape index (κ1) is 27.9. The monoisotopic (exact) mass is 500 g/mol. The van der Waals surface area contributed by atoms with Crippen LogP contribution in [-0.2, 0) is 0 Å². The van der Waals surface area contributed by atoms with Crippen molar-refractivity contribution in [2.24, 2.45) is 11.8 Å². The van der Waals surface area contributed by atoms with Crippen LogP contribution in [-0.4, -0.2) is 37.5 Å². The van der Waals surface area contributed by atoms with Crippen molar-refractivity contribution in [2.45, 2.75) is 52.3 Å². The number of rotatable bonds is 10. The first-order valence-electron chi connectivity index (χ1n) is 11.2. The fourth-order valence-electron chi connectivity index (χ4n) is 2.73. The molecule has 192 valence electrons. The van der Waals surface area contributed by atoms with Gasteiger partial charge in [0.25, 0.3) is 0 Å². The van der Waals surface area contributed by atoms with Crippen LogP contribution in [0.5, 0.6) is 23.0 Å². The number of phenolic OH excluding ortho intramolecular Hbond substituents is 1. The van der Waals surface area contributed by atoms with Gasteiger partial charge >= 0.3 is 13.2 Å². The maximum Gasteiger partial charge on any atom is 0.387 e. The van der Waals surface area contributed by atoms with Crippen LogP contribution in [0.15, 0.2) is 36.4 Å². The largest absolute Gasteiger partial charge is 0.504 e. The highest BCUT2D eigenvalue weighted by Crippen LogP contribution is 2.34. The summed E-state index contributed by atoms with van der Waals surface area (Å²) in [6.45, 7) is -3.16. The summed E-state index contributed by atoms with van der Waals surface area (Å²) in [7, 11) is 0. The number of halogens is 4. The summed E-state index contributed by atoms with van der Waals surface area (Å²) >= 11 is 0. The molecule has 35 heavy (non-hydrogen) atoms. The van der Waals surface area contributed by atoms with Gasteiger partial charge in [0.2, 0.25) is 0 Å². The molecule has 0 aromatic heterocycles. The van der Waals surface area contributed by atoms with Crippen molar-refractivity contribution in [2.75, 3.05) is 6.61 Å². The molecule has 0 atom stereocenters. The lowest BCUT2D eigenvalue weighted by Gasteiger charge is -2.12. The quantitative estimate of drug-likeness (QED) is 0.296. The third-order valence-electron chi connectivity index (χ3n) is 5.10. The number of ether oxygens (including phenoxy) is 3. The van der Waals surface area contributed by atoms with Crippen LogP contribution in [0.1, 0.15) is 59.7 Å². The molecule has 0 heterocycles. The second-order valence-corrected chi connectivity index (χ2v) is 8.03. The van der Waals surface area contributed by atoms with E-state index in [9.17, 15) is 27.2 Å². The molecule has 0 aliphatic heterocycles. The van der Waals surface area contributed by atoms with Crippen LogP contribution in [0.4, 0.5) is 17.6 Å². The van der Waals surface area contributed by atoms with Gasteiger partial charge in [-0.25, -0.2) is 0 Å². The number of hydrogen-bond acceptors (Lipinski definition) is 6. The molecule has 2 aliphatic carbocycles. The highest BCUT2D eigenvalue weighted by molar-refractivity contribution is 5.76. The van der Waals surface area contributed by atoms with E-state index in [2.05, 4.69) is 16.4 Å². The van der Waals surface area contributed by atoms with Gasteiger partial charge in [-0.1, -0.05) is 26.2 Å². The lowest BCUT2D eigenvalue weighted by Crippen LogP contribution is -2.06. The fourth-order valence-corrected chi connectivity index (χ4v) is 2.73. The first-order valence-corrected chi connectivity index (χ1v) is 11.2. The van der Waals surface area contributed by atoms with Gasteiger partial charge in [-0.05, 0) is 61.1 Å². The summed E-state index contributed by atoms with van der Waals surface area (Å²) in [4.78, 5) is 20.8. The molecule has 10 heteroatoms. The Kier molecular flexibility index (Phi) is 11.3. The molecule has 0 radical (unpaired) electrons. The Morgan fingerprint density at radius 2 is 1.34 bits per heavy atom. The van der Waals surface area contributed by atoms with Crippen LogP contribution in [0.2, 0.25) is 0 Å². The summed E-state index contributed by atoms with van der Waals surface area (Å²) in [5.41, 5.74) is 0.566. The van der Waals surface area contributed by atoms with Crippen LogP contribution < -0.4 is 14.2 Å². The van der Waals surface area contributed by atoms with Crippen LogP contribution in [0, 0.1) is 11.8 Å². The van der Waals surface area contributed by atoms with E-state index in [0.29, 0.717) is 30.7 Å². The maximum atomic E-state index is 12.1. The summed E-state index contributed by atoms with van der Waals surface area (Å²) in [6, 6.07) is 7.56. The Bertz CT molecular complexity index is 946. The van der Waals surface area contributed by atoms with E-state index in [1.165, 1.54) is 43.5 Å². The van der Waals surface area contributed by atoms with E-state index in [1.807, 2.05) is 0 Å². The minimum absolute atomic E-state index is 0.0359. The Balaban J connectivity index is 0.000000211. The van der Waals surface area contributed by atoms with E-state index >= 15 is 0 Å². The Labute approximate surface area is 200 Å². The minimum atomic E-state index is -2.99. The molecular formula is C25H28F4O6. The topological polar surface area (TPSA) is 82.1 Å². The number of carbonyl (C=O) groups excluding carboxylic acids is 2. The normalized spacial score (nSPS) is 14.3. The fraction of sp³-hybridized carbons (Fsp3) is 0.440. The molecule has 4 rings (SSSR count). The summed E-state index contributed by atoms with van der Waals surface area (Å²) in [6.07, 6.45) is 7.76. The summed E-state index contributed by atoms with van der Waals surface area (Å²) in [5.74, 6) is 0.961. The number of hydrogen-bond donors (Lipinski definition) is 1. The second kappa shape index (κ2) is 14.2. The zero-order chi connectivity index (χ0) is 25.8. The van der Waals surface area contributed by atoms with Crippen molar-refractivity contribution in [3.63, 3.8) is 0 Å². The van der Waals surface area contributed by atoms with Gasteiger partial charge in [0.15, 0.2) is 23.0 Å². The molecule has 2 aromatic carbocycles. The molecule has 0 amide bonds. The summed E-state index contributed by atoms with van der Waals surface area (Å²) in [5, 5.41) is 9.05. The number of carbonyl (C=O) groups is 2. The van der Waals surface area contributed by atoms with E-state index < -0.39 is 19.0 Å². The maximum absolute atomic E-state index is 12.1. The van der Waals surface area contributed by atoms with Crippen molar-refractivity contribution in [3.05, 3.63) is 47.5 Å². The van der Waals surface area contributed by atoms with Crippen molar-refractivity contribution in [1.29, 1.82) is 0 Å². The van der Waals surface area contributed by atoms with Gasteiger partial charge in [-0.15, -0.1) is 0 Å². The Hall–Kier alpha value is -3.30. The van der Waals surface area contributed by atoms with E-state index in [1.54, 1.807) is 0 Å². The van der Waals surface area contributed by atoms with Gasteiger partial charge in [-0.2, -0.15) is 17.6 Å². The highest BCUT2D eigenvalue weighted by Gasteiger charge is 2.23. The molecule has 0 spiro atoms. The Morgan fingerprint density at radius 3 is 1.77 bits per heavy atom. The molecule has 2 saturated carbocycles. The van der Waals surface area contributed by atoms with Gasteiger partial charge in [0.1, 0.15) is 12.6 Å². The predicted octanol–water partition coefficient (Wildman–Crippen LogP) is 6.50. The third kappa shape index (κ3) is 11.1. The molecule has 0 bridgehead atoms. The molecule has 6 nitrogen and oxygen atoms in total. The lowest BCUT2D eigenvalue weighted by atomic mass is 10.2. The van der Waals surface area contributed by atoms with Gasteiger partial charge in [-0.3, -0.25) is 9.59 Å². The zero-order valence-corrected chi connectivity index (χ0v) is 19.2. The highest BCUT2D eigenvalue weighted by atomic mass is 19.3. The average molecular weight is 500 g/mol. The van der Waals surface area contributed by atoms with Crippen molar-refractivity contribution < 1.29 is 46.5 Å². The smallest absolute Gasteiger partial charge is 0.387 e. The molecule has 2 fully saturated rings. The number of alkyl halides is 4. The number of aldehydes is 2. The Morgan fingerprint density at radius 1 is 0.829 bits per heavy atom. The standard InChI is InChI=1S/C12H12F2O3.C8H6F2O3.C5H10/c13-12(14)17-10-4-3-9(6-15)5-11(10)16-7-8-1-2-8;9-8(10)13-7-2-1-5(4-11)3-6(7)12;1-2-5-3-4-5/h3-6,8,12H,1-2,7H2;1-4,8,12H;5H,2-4H2,1H3. The van der Waals surface area contributed by atoms with Crippen molar-refractivity contribution in [1.82, 2.24) is 0 Å². The molecular weight excluding hydrogens is 472 g/mol. The molecule has 0 saturated heterocycles. The van der Waals surface area contributed by atoms with Gasteiger partial charge in [0, 0.05) is 11.1 Å². The van der Waals surface area contributed by atoms with Crippen LogP contribution in [0.3, 0.4) is 0 Å². The lowest BCUT2D eigenvalue weighted by molar-refractivity contribution is -0.0520. The SMILES string of the molecule is CCC1CC1.O=Cc1ccc(OC(F)F)c(O)c1.O=Cc1ccc(OC(F)F)c(OCC2CC2)c1. The zero-order valence-electron chi connectivity index (χ0n) is 19.2. The predicted molar refractivity (Wildman–Crippen MR) is 120 cm³/mol. The van der Waals surface area contributed by atoms with Crippen molar-refractivity contribution in [3.8, 4) is 23.0 Å². The van der Waals surface area contributed by atoms with E-state index in [0.717, 1.165) is 30.9 Å². The average Bonchev–Trinajstić information content (AvgIpc) is 3.74. The molecule has 2 aromatic rings. The molecule has 0 unspecified atom stereocenters. The van der Waals surface area contributed by atoms with Gasteiger partial charge < -0.3 is 19.3 Å². The number of benzene rings is 2. The second-order valence-electron chi connectivity index (χ2n) is 8.03. The molecule has 1 N–H and O–H groups in total. The van der Waals surface area contributed by atoms with Crippen LogP contribution >= 0.6 is 0 Å². The van der Waals surface area contributed by atoms with Gasteiger partial charge in [0.05, 0.1) is 6.61 Å². The number of phenols is 1. The number of aromatic hydroxyl groups is 1. The first-order chi connectivity index (χ1) is 16.7. The summed E-state index contributed by atoms with van der Waals surface area (Å²) < 4.78 is 61.3. The van der Waals surface area contributed by atoms with Crippen LogP contribution in [0.25, 0.3) is 0 Å².